The minimum atomic E-state index is -1.04. The van der Waals surface area contributed by atoms with Gasteiger partial charge in [-0.25, -0.2) is 0 Å². The van der Waals surface area contributed by atoms with Gasteiger partial charge in [-0.15, -0.1) is 0 Å². The summed E-state index contributed by atoms with van der Waals surface area (Å²) in [5.41, 5.74) is 8.09. The minimum Gasteiger partial charge on any atom is -0.390 e. The Morgan fingerprint density at radius 2 is 2.33 bits per heavy atom. The quantitative estimate of drug-likeness (QED) is 0.316. The number of hydrogen-bond acceptors (Lipinski definition) is 5. The summed E-state index contributed by atoms with van der Waals surface area (Å²) in [6.45, 7) is 3.14. The van der Waals surface area contributed by atoms with Crippen molar-refractivity contribution in [1.29, 1.82) is 0 Å². The Labute approximate surface area is 86.6 Å². The zero-order valence-corrected chi connectivity index (χ0v) is 8.53. The van der Waals surface area contributed by atoms with E-state index in [1.54, 1.807) is 13.8 Å². The second-order valence-corrected chi connectivity index (χ2v) is 3.68. The molecule has 15 heavy (non-hydrogen) atoms. The molecule has 0 aromatic heterocycles. The molecule has 1 N–H and O–H groups in total. The van der Waals surface area contributed by atoms with Gasteiger partial charge in [-0.05, 0) is 19.4 Å². The second kappa shape index (κ2) is 4.59. The maximum Gasteiger partial charge on any atom is 0.164 e. The van der Waals surface area contributed by atoms with E-state index >= 15 is 0 Å². The SMILES string of the molecule is CC1(C)O[C@@H]([C@H](O)CN=[N+]=[N-])[C@@H](C=O)O1. The van der Waals surface area contributed by atoms with Crippen molar-refractivity contribution in [2.24, 2.45) is 5.11 Å². The molecule has 0 bridgehead atoms. The molecule has 0 aromatic carbocycles. The van der Waals surface area contributed by atoms with Gasteiger partial charge in [0.15, 0.2) is 12.1 Å². The van der Waals surface area contributed by atoms with Crippen LogP contribution in [0.2, 0.25) is 0 Å². The number of aliphatic hydroxyl groups is 1. The number of ether oxygens (including phenoxy) is 2. The smallest absolute Gasteiger partial charge is 0.164 e. The fourth-order valence-electron chi connectivity index (χ4n) is 1.44. The number of carbonyl (C=O) groups excluding carboxylic acids is 1. The monoisotopic (exact) mass is 215 g/mol. The van der Waals surface area contributed by atoms with E-state index in [1.807, 2.05) is 0 Å². The van der Waals surface area contributed by atoms with Crippen LogP contribution < -0.4 is 0 Å². The van der Waals surface area contributed by atoms with E-state index in [2.05, 4.69) is 10.0 Å². The molecule has 1 aliphatic rings. The molecule has 7 heteroatoms. The van der Waals surface area contributed by atoms with E-state index in [1.165, 1.54) is 0 Å². The van der Waals surface area contributed by atoms with Crippen LogP contribution in [-0.2, 0) is 14.3 Å². The third-order valence-electron chi connectivity index (χ3n) is 2.01. The van der Waals surface area contributed by atoms with Crippen molar-refractivity contribution in [3.05, 3.63) is 10.4 Å². The maximum absolute atomic E-state index is 10.7. The van der Waals surface area contributed by atoms with Crippen molar-refractivity contribution in [3.63, 3.8) is 0 Å². The molecule has 1 rings (SSSR count). The summed E-state index contributed by atoms with van der Waals surface area (Å²) in [6.07, 6.45) is -2.09. The zero-order chi connectivity index (χ0) is 11.5. The number of rotatable bonds is 4. The molecular formula is C8H13N3O4. The highest BCUT2D eigenvalue weighted by Gasteiger charge is 2.44. The van der Waals surface area contributed by atoms with Gasteiger partial charge in [0, 0.05) is 4.91 Å². The molecule has 1 aliphatic heterocycles. The van der Waals surface area contributed by atoms with E-state index in [4.69, 9.17) is 15.0 Å². The summed E-state index contributed by atoms with van der Waals surface area (Å²) < 4.78 is 10.6. The van der Waals surface area contributed by atoms with Gasteiger partial charge in [0.25, 0.3) is 0 Å². The lowest BCUT2D eigenvalue weighted by Gasteiger charge is -2.19. The van der Waals surface area contributed by atoms with Crippen LogP contribution >= 0.6 is 0 Å². The molecule has 0 aromatic rings. The average molecular weight is 215 g/mol. The van der Waals surface area contributed by atoms with E-state index in [0.29, 0.717) is 6.29 Å². The van der Waals surface area contributed by atoms with Gasteiger partial charge in [0.1, 0.15) is 12.2 Å². The Morgan fingerprint density at radius 1 is 1.67 bits per heavy atom. The van der Waals surface area contributed by atoms with Crippen molar-refractivity contribution in [1.82, 2.24) is 0 Å². The number of nitrogens with zero attached hydrogens (tertiary/aromatic N) is 3. The van der Waals surface area contributed by atoms with Gasteiger partial charge in [-0.2, -0.15) is 0 Å². The van der Waals surface area contributed by atoms with E-state index < -0.39 is 24.1 Å². The summed E-state index contributed by atoms with van der Waals surface area (Å²) in [6, 6.07) is 0. The molecule has 0 amide bonds. The Kier molecular flexibility index (Phi) is 3.65. The largest absolute Gasteiger partial charge is 0.390 e. The highest BCUT2D eigenvalue weighted by molar-refractivity contribution is 5.58. The summed E-state index contributed by atoms with van der Waals surface area (Å²) in [5, 5.41) is 12.8. The molecule has 1 fully saturated rings. The molecule has 1 saturated heterocycles. The third-order valence-corrected chi connectivity index (χ3v) is 2.01. The summed E-state index contributed by atoms with van der Waals surface area (Å²) in [7, 11) is 0. The van der Waals surface area contributed by atoms with Crippen LogP contribution in [0, 0.1) is 0 Å². The first-order valence-corrected chi connectivity index (χ1v) is 4.50. The number of hydrogen-bond donors (Lipinski definition) is 1. The minimum absolute atomic E-state index is 0.148. The first-order valence-electron chi connectivity index (χ1n) is 4.50. The van der Waals surface area contributed by atoms with Gasteiger partial charge in [0.05, 0.1) is 12.6 Å². The molecule has 7 nitrogen and oxygen atoms in total. The topological polar surface area (TPSA) is 105 Å². The van der Waals surface area contributed by atoms with Gasteiger partial charge >= 0.3 is 0 Å². The highest BCUT2D eigenvalue weighted by Crippen LogP contribution is 2.29. The number of azide groups is 1. The van der Waals surface area contributed by atoms with E-state index in [0.717, 1.165) is 0 Å². The van der Waals surface area contributed by atoms with E-state index in [-0.39, 0.29) is 6.54 Å². The van der Waals surface area contributed by atoms with Crippen LogP contribution in [0.25, 0.3) is 10.4 Å². The molecule has 0 spiro atoms. The lowest BCUT2D eigenvalue weighted by molar-refractivity contribution is -0.156. The lowest BCUT2D eigenvalue weighted by atomic mass is 10.1. The Balaban J connectivity index is 2.67. The van der Waals surface area contributed by atoms with Gasteiger partial charge in [-0.3, -0.25) is 0 Å². The van der Waals surface area contributed by atoms with Crippen LogP contribution in [0.3, 0.4) is 0 Å². The normalized spacial score (nSPS) is 30.6. The standard InChI is InChI=1S/C8H13N3O4/c1-8(2)14-6(4-12)7(15-8)5(13)3-10-11-9/h4-7,13H,3H2,1-2H3/t5-,6-,7+/m1/s1. The number of aldehydes is 1. The van der Waals surface area contributed by atoms with Crippen molar-refractivity contribution < 1.29 is 19.4 Å². The third kappa shape index (κ3) is 2.90. The molecule has 1 heterocycles. The molecular weight excluding hydrogens is 202 g/mol. The van der Waals surface area contributed by atoms with Crippen molar-refractivity contribution in [2.75, 3.05) is 6.54 Å². The zero-order valence-electron chi connectivity index (χ0n) is 8.53. The van der Waals surface area contributed by atoms with E-state index in [9.17, 15) is 9.90 Å². The second-order valence-electron chi connectivity index (χ2n) is 3.68. The van der Waals surface area contributed by atoms with Gasteiger partial charge in [-0.1, -0.05) is 5.11 Å². The van der Waals surface area contributed by atoms with Gasteiger partial charge in [0.2, 0.25) is 0 Å². The Bertz CT molecular complexity index is 288. The average Bonchev–Trinajstić information content (AvgIpc) is 2.50. The van der Waals surface area contributed by atoms with Crippen LogP contribution in [0.1, 0.15) is 13.8 Å². The predicted octanol–water partition coefficient (Wildman–Crippen LogP) is 0.377. The fraction of sp³-hybridized carbons (Fsp3) is 0.875. The van der Waals surface area contributed by atoms with Crippen LogP contribution in [-0.4, -0.2) is 42.0 Å². The van der Waals surface area contributed by atoms with Gasteiger partial charge < -0.3 is 19.4 Å². The number of carbonyl (C=O) groups is 1. The van der Waals surface area contributed by atoms with Crippen molar-refractivity contribution in [2.45, 2.75) is 37.9 Å². The Morgan fingerprint density at radius 3 is 2.87 bits per heavy atom. The van der Waals surface area contributed by atoms with Crippen molar-refractivity contribution >= 4 is 6.29 Å². The van der Waals surface area contributed by atoms with Crippen molar-refractivity contribution in [3.8, 4) is 0 Å². The fourth-order valence-corrected chi connectivity index (χ4v) is 1.44. The summed E-state index contributed by atoms with van der Waals surface area (Å²) in [4.78, 5) is 13.2. The molecule has 0 aliphatic carbocycles. The van der Waals surface area contributed by atoms with Crippen LogP contribution in [0.15, 0.2) is 5.11 Å². The van der Waals surface area contributed by atoms with Crippen LogP contribution in [0.5, 0.6) is 0 Å². The van der Waals surface area contributed by atoms with Crippen LogP contribution in [0.4, 0.5) is 0 Å². The molecule has 0 radical (unpaired) electrons. The molecule has 84 valence electrons. The lowest BCUT2D eigenvalue weighted by Crippen LogP contribution is -2.38. The maximum atomic E-state index is 10.7. The number of aliphatic hydroxyl groups excluding tert-OH is 1. The molecule has 3 atom stereocenters. The predicted molar refractivity (Wildman–Crippen MR) is 49.9 cm³/mol. The summed E-state index contributed by atoms with van der Waals surface area (Å²) in [5.74, 6) is -0.909. The first-order chi connectivity index (χ1) is 7.00. The molecule has 0 unspecified atom stereocenters. The molecule has 0 saturated carbocycles. The Hall–Kier alpha value is -1.14. The summed E-state index contributed by atoms with van der Waals surface area (Å²) >= 11 is 0. The first kappa shape index (κ1) is 11.9. The highest BCUT2D eigenvalue weighted by atomic mass is 16.8.